The Morgan fingerprint density at radius 1 is 1.52 bits per heavy atom. The number of aromatic nitrogens is 4. The minimum absolute atomic E-state index is 0.180. The van der Waals surface area contributed by atoms with Crippen LogP contribution in [0.3, 0.4) is 0 Å². The van der Waals surface area contributed by atoms with E-state index in [0.29, 0.717) is 17.6 Å². The fraction of sp³-hybridized carbons (Fsp3) is 0.571. The van der Waals surface area contributed by atoms with Crippen molar-refractivity contribution < 1.29 is 9.84 Å². The Morgan fingerprint density at radius 3 is 2.96 bits per heavy atom. The Labute approximate surface area is 138 Å². The molecule has 124 valence electrons. The number of hydrogen-bond donors (Lipinski definition) is 1. The molecule has 1 aliphatic heterocycles. The van der Waals surface area contributed by atoms with E-state index in [1.165, 1.54) is 0 Å². The number of aliphatic imine (C=N–C) groups is 1. The molecule has 2 aromatic rings. The largest absolute Gasteiger partial charge is 0.390 e. The number of imidazole rings is 1. The minimum Gasteiger partial charge on any atom is -0.390 e. The summed E-state index contributed by atoms with van der Waals surface area (Å²) in [5.41, 5.74) is 1.04. The second-order valence-electron chi connectivity index (χ2n) is 5.69. The first-order valence-electron chi connectivity index (χ1n) is 7.43. The van der Waals surface area contributed by atoms with E-state index in [0.717, 1.165) is 6.42 Å². The van der Waals surface area contributed by atoms with Gasteiger partial charge in [-0.1, -0.05) is 18.5 Å². The van der Waals surface area contributed by atoms with Gasteiger partial charge in [0.15, 0.2) is 10.8 Å². The second-order valence-corrected chi connectivity index (χ2v) is 6.05. The molecule has 8 nitrogen and oxygen atoms in total. The molecule has 23 heavy (non-hydrogen) atoms. The smallest absolute Gasteiger partial charge is 0.254 e. The van der Waals surface area contributed by atoms with E-state index in [4.69, 9.17) is 16.3 Å². The van der Waals surface area contributed by atoms with Crippen LogP contribution in [0.2, 0.25) is 5.15 Å². The highest BCUT2D eigenvalue weighted by atomic mass is 35.5. The Morgan fingerprint density at radius 2 is 2.30 bits per heavy atom. The fourth-order valence-corrected chi connectivity index (χ4v) is 2.77. The summed E-state index contributed by atoms with van der Waals surface area (Å²) in [4.78, 5) is 18.7. The maximum atomic E-state index is 10.0. The lowest BCUT2D eigenvalue weighted by molar-refractivity contribution is -0.0183. The van der Waals surface area contributed by atoms with E-state index in [-0.39, 0.29) is 23.4 Å². The third-order valence-corrected chi connectivity index (χ3v) is 3.95. The molecule has 3 rings (SSSR count). The number of ether oxygens (including phenoxy) is 1. The first kappa shape index (κ1) is 16.1. The first-order valence-corrected chi connectivity index (χ1v) is 7.81. The summed E-state index contributed by atoms with van der Waals surface area (Å²) < 4.78 is 7.65. The third kappa shape index (κ3) is 3.15. The molecular formula is C14H19ClN6O2. The van der Waals surface area contributed by atoms with Gasteiger partial charge in [0.05, 0.1) is 24.9 Å². The summed E-state index contributed by atoms with van der Waals surface area (Å²) in [7, 11) is 3.71. The van der Waals surface area contributed by atoms with Crippen molar-refractivity contribution in [1.82, 2.24) is 24.4 Å². The predicted octanol–water partition coefficient (Wildman–Crippen LogP) is 1.76. The topological polar surface area (TPSA) is 88.7 Å². The van der Waals surface area contributed by atoms with E-state index in [1.807, 2.05) is 21.0 Å². The van der Waals surface area contributed by atoms with Crippen LogP contribution < -0.4 is 0 Å². The molecule has 3 atom stereocenters. The number of aliphatic hydroxyl groups excluding tert-OH is 1. The van der Waals surface area contributed by atoms with Gasteiger partial charge in [-0.2, -0.15) is 9.97 Å². The zero-order chi connectivity index (χ0) is 16.6. The molecule has 1 N–H and O–H groups in total. The van der Waals surface area contributed by atoms with Gasteiger partial charge in [0, 0.05) is 20.5 Å². The lowest BCUT2D eigenvalue weighted by atomic mass is 10.1. The van der Waals surface area contributed by atoms with Crippen LogP contribution in [0.15, 0.2) is 11.3 Å². The maximum absolute atomic E-state index is 10.0. The van der Waals surface area contributed by atoms with Crippen molar-refractivity contribution in [3.63, 3.8) is 0 Å². The highest BCUT2D eigenvalue weighted by Gasteiger charge is 2.34. The molecule has 0 aliphatic carbocycles. The molecule has 3 unspecified atom stereocenters. The minimum atomic E-state index is -0.494. The summed E-state index contributed by atoms with van der Waals surface area (Å²) in [6, 6.07) is 0. The molecule has 1 saturated heterocycles. The average Bonchev–Trinajstić information content (AvgIpc) is 3.08. The Hall–Kier alpha value is -1.77. The normalized spacial score (nSPS) is 24.8. The van der Waals surface area contributed by atoms with Crippen molar-refractivity contribution in [2.45, 2.75) is 38.2 Å². The van der Waals surface area contributed by atoms with Gasteiger partial charge in [-0.25, -0.2) is 9.98 Å². The number of nitrogens with zero attached hydrogens (tertiary/aromatic N) is 6. The van der Waals surface area contributed by atoms with Gasteiger partial charge < -0.3 is 14.7 Å². The summed E-state index contributed by atoms with van der Waals surface area (Å²) in [5.74, 6) is 0.253. The zero-order valence-corrected chi connectivity index (χ0v) is 14.0. The Kier molecular flexibility index (Phi) is 4.47. The molecule has 0 amide bonds. The first-order chi connectivity index (χ1) is 11.0. The molecule has 0 saturated carbocycles. The van der Waals surface area contributed by atoms with E-state index >= 15 is 0 Å². The third-order valence-electron chi connectivity index (χ3n) is 3.69. The summed E-state index contributed by atoms with van der Waals surface area (Å²) in [6.45, 7) is 1.98. The van der Waals surface area contributed by atoms with E-state index in [2.05, 4.69) is 19.9 Å². The van der Waals surface area contributed by atoms with Gasteiger partial charge in [-0.15, -0.1) is 0 Å². The molecule has 1 fully saturated rings. The van der Waals surface area contributed by atoms with Crippen LogP contribution in [-0.4, -0.2) is 62.2 Å². The monoisotopic (exact) mass is 338 g/mol. The lowest BCUT2D eigenvalue weighted by Gasteiger charge is -2.14. The lowest BCUT2D eigenvalue weighted by Crippen LogP contribution is -2.19. The molecule has 0 spiro atoms. The van der Waals surface area contributed by atoms with Gasteiger partial charge >= 0.3 is 0 Å². The molecule has 0 radical (unpaired) electrons. The van der Waals surface area contributed by atoms with Crippen LogP contribution in [0, 0.1) is 0 Å². The van der Waals surface area contributed by atoms with Crippen molar-refractivity contribution in [2.24, 2.45) is 4.99 Å². The van der Waals surface area contributed by atoms with Crippen LogP contribution in [0.1, 0.15) is 26.0 Å². The molecule has 0 aromatic carbocycles. The van der Waals surface area contributed by atoms with Crippen molar-refractivity contribution >= 4 is 35.1 Å². The van der Waals surface area contributed by atoms with E-state index in [1.54, 1.807) is 22.1 Å². The molecule has 2 aromatic heterocycles. The number of halogens is 1. The average molecular weight is 339 g/mol. The summed E-state index contributed by atoms with van der Waals surface area (Å²) in [6.07, 6.45) is 3.45. The van der Waals surface area contributed by atoms with Crippen LogP contribution in [0.5, 0.6) is 0 Å². The number of aliphatic hydroxyl groups is 1. The van der Waals surface area contributed by atoms with Crippen molar-refractivity contribution in [3.05, 3.63) is 11.5 Å². The van der Waals surface area contributed by atoms with Crippen molar-refractivity contribution in [3.8, 4) is 0 Å². The maximum Gasteiger partial charge on any atom is 0.254 e. The number of fused-ring (bicyclic) bond motifs is 1. The van der Waals surface area contributed by atoms with Gasteiger partial charge in [0.1, 0.15) is 11.7 Å². The highest BCUT2D eigenvalue weighted by Crippen LogP contribution is 2.33. The second kappa shape index (κ2) is 6.38. The molecule has 0 bridgehead atoms. The van der Waals surface area contributed by atoms with Gasteiger partial charge in [0.25, 0.3) is 5.95 Å². The Bertz CT molecular complexity index is 731. The molecule has 9 heteroatoms. The van der Waals surface area contributed by atoms with Gasteiger partial charge in [-0.3, -0.25) is 4.57 Å². The SMILES string of the molecule is CCC1OC(n2cnc3c(Cl)nc(N=CN(C)C)nc32)CC1O. The quantitative estimate of drug-likeness (QED) is 0.519. The van der Waals surface area contributed by atoms with Crippen molar-refractivity contribution in [1.29, 1.82) is 0 Å². The standard InChI is InChI=1S/C14H19ClN6O2/c1-4-9-8(22)5-10(23-9)21-7-16-11-12(15)18-14(19-13(11)21)17-6-20(2)3/h6-10,22H,4-5H2,1-3H3. The highest BCUT2D eigenvalue weighted by molar-refractivity contribution is 6.33. The van der Waals surface area contributed by atoms with E-state index in [9.17, 15) is 5.11 Å². The van der Waals surface area contributed by atoms with Crippen LogP contribution in [0.25, 0.3) is 11.2 Å². The predicted molar refractivity (Wildman–Crippen MR) is 87.0 cm³/mol. The van der Waals surface area contributed by atoms with Crippen LogP contribution in [-0.2, 0) is 4.74 Å². The van der Waals surface area contributed by atoms with Gasteiger partial charge in [-0.05, 0) is 6.42 Å². The van der Waals surface area contributed by atoms with Crippen LogP contribution in [0.4, 0.5) is 5.95 Å². The number of hydrogen-bond acceptors (Lipinski definition) is 6. The molecule has 3 heterocycles. The molecular weight excluding hydrogens is 320 g/mol. The zero-order valence-electron chi connectivity index (χ0n) is 13.2. The summed E-state index contributed by atoms with van der Waals surface area (Å²) in [5, 5.41) is 10.3. The summed E-state index contributed by atoms with van der Waals surface area (Å²) >= 11 is 6.18. The van der Waals surface area contributed by atoms with Gasteiger partial charge in [0.2, 0.25) is 0 Å². The number of rotatable bonds is 4. The van der Waals surface area contributed by atoms with Crippen molar-refractivity contribution in [2.75, 3.05) is 14.1 Å². The Balaban J connectivity index is 1.99. The fourth-order valence-electron chi connectivity index (χ4n) is 2.56. The van der Waals surface area contributed by atoms with Crippen LogP contribution >= 0.6 is 11.6 Å². The van der Waals surface area contributed by atoms with E-state index < -0.39 is 6.10 Å². The molecule has 1 aliphatic rings.